The fraction of sp³-hybridized carbons (Fsp3) is 0.143. The number of fused-ring (bicyclic) bond motifs is 1. The second kappa shape index (κ2) is 4.68. The smallest absolute Gasteiger partial charge is 0.262 e. The molecule has 0 spiro atoms. The Labute approximate surface area is 119 Å². The van der Waals surface area contributed by atoms with Gasteiger partial charge in [0.2, 0.25) is 5.78 Å². The highest BCUT2D eigenvalue weighted by Crippen LogP contribution is 2.34. The standard InChI is InChI=1S/C14H10ClNO4/c1-7-2-3-11(20-7)14(18)8-4-12-10(5-9(8)15)16-13(17)6-19-12/h2-5H,6H2,1H3,(H,16,17). The van der Waals surface area contributed by atoms with Gasteiger partial charge in [-0.05, 0) is 31.2 Å². The van der Waals surface area contributed by atoms with Crippen LogP contribution >= 0.6 is 11.6 Å². The van der Waals surface area contributed by atoms with Gasteiger partial charge in [0.05, 0.1) is 10.7 Å². The normalized spacial score (nSPS) is 13.4. The van der Waals surface area contributed by atoms with Crippen molar-refractivity contribution in [1.29, 1.82) is 0 Å². The average molecular weight is 292 g/mol. The van der Waals surface area contributed by atoms with Crippen molar-refractivity contribution < 1.29 is 18.7 Å². The van der Waals surface area contributed by atoms with Crippen molar-refractivity contribution >= 4 is 29.0 Å². The molecule has 0 saturated heterocycles. The van der Waals surface area contributed by atoms with Crippen LogP contribution in [-0.2, 0) is 4.79 Å². The van der Waals surface area contributed by atoms with Gasteiger partial charge in [-0.3, -0.25) is 9.59 Å². The molecule has 0 radical (unpaired) electrons. The first-order valence-electron chi connectivity index (χ1n) is 5.92. The maximum atomic E-state index is 12.3. The number of benzene rings is 1. The molecule has 1 aromatic carbocycles. The zero-order valence-corrected chi connectivity index (χ0v) is 11.3. The number of ketones is 1. The Hall–Kier alpha value is -2.27. The van der Waals surface area contributed by atoms with Gasteiger partial charge in [-0.1, -0.05) is 11.6 Å². The number of ether oxygens (including phenoxy) is 1. The molecular weight excluding hydrogens is 282 g/mol. The van der Waals surface area contributed by atoms with E-state index in [0.717, 1.165) is 0 Å². The van der Waals surface area contributed by atoms with Crippen LogP contribution in [0.4, 0.5) is 5.69 Å². The summed E-state index contributed by atoms with van der Waals surface area (Å²) in [6.45, 7) is 1.67. The molecule has 0 saturated carbocycles. The highest BCUT2D eigenvalue weighted by atomic mass is 35.5. The molecule has 1 amide bonds. The van der Waals surface area contributed by atoms with E-state index in [4.69, 9.17) is 20.8 Å². The summed E-state index contributed by atoms with van der Waals surface area (Å²) in [5.41, 5.74) is 0.731. The molecule has 0 fully saturated rings. The van der Waals surface area contributed by atoms with Crippen LogP contribution in [0.2, 0.25) is 5.02 Å². The Morgan fingerprint density at radius 2 is 2.15 bits per heavy atom. The van der Waals surface area contributed by atoms with E-state index in [9.17, 15) is 9.59 Å². The lowest BCUT2D eigenvalue weighted by atomic mass is 10.1. The summed E-state index contributed by atoms with van der Waals surface area (Å²) in [5, 5.41) is 2.86. The number of anilines is 1. The third-order valence-electron chi connectivity index (χ3n) is 2.91. The maximum Gasteiger partial charge on any atom is 0.262 e. The van der Waals surface area contributed by atoms with E-state index >= 15 is 0 Å². The largest absolute Gasteiger partial charge is 0.482 e. The summed E-state index contributed by atoms with van der Waals surface area (Å²) in [6, 6.07) is 6.31. The molecule has 1 aromatic heterocycles. The number of hydrogen-bond donors (Lipinski definition) is 1. The molecular formula is C14H10ClNO4. The van der Waals surface area contributed by atoms with Crippen LogP contribution in [0.15, 0.2) is 28.7 Å². The van der Waals surface area contributed by atoms with Gasteiger partial charge in [-0.2, -0.15) is 0 Å². The number of aryl methyl sites for hydroxylation is 1. The molecule has 2 heterocycles. The molecule has 102 valence electrons. The highest BCUT2D eigenvalue weighted by molar-refractivity contribution is 6.35. The Morgan fingerprint density at radius 1 is 1.35 bits per heavy atom. The first-order valence-corrected chi connectivity index (χ1v) is 6.30. The van der Waals surface area contributed by atoms with Gasteiger partial charge < -0.3 is 14.5 Å². The van der Waals surface area contributed by atoms with E-state index in [0.29, 0.717) is 17.2 Å². The minimum Gasteiger partial charge on any atom is -0.482 e. The summed E-state index contributed by atoms with van der Waals surface area (Å²) in [5.74, 6) is 0.691. The fourth-order valence-electron chi connectivity index (χ4n) is 1.96. The Balaban J connectivity index is 2.02. The number of hydrogen-bond acceptors (Lipinski definition) is 4. The Morgan fingerprint density at radius 3 is 2.85 bits per heavy atom. The summed E-state index contributed by atoms with van der Waals surface area (Å²) in [7, 11) is 0. The molecule has 2 aromatic rings. The van der Waals surface area contributed by atoms with E-state index in [1.165, 1.54) is 12.1 Å². The van der Waals surface area contributed by atoms with Crippen molar-refractivity contribution in [2.45, 2.75) is 6.92 Å². The summed E-state index contributed by atoms with van der Waals surface area (Å²) >= 11 is 6.09. The van der Waals surface area contributed by atoms with Crippen LogP contribution in [0.25, 0.3) is 0 Å². The quantitative estimate of drug-likeness (QED) is 0.864. The molecule has 0 bridgehead atoms. The van der Waals surface area contributed by atoms with Gasteiger partial charge in [0.1, 0.15) is 11.5 Å². The van der Waals surface area contributed by atoms with Crippen LogP contribution in [0.3, 0.4) is 0 Å². The van der Waals surface area contributed by atoms with Gasteiger partial charge in [0, 0.05) is 5.56 Å². The molecule has 3 rings (SSSR count). The van der Waals surface area contributed by atoms with Crippen LogP contribution in [0.5, 0.6) is 5.75 Å². The van der Waals surface area contributed by atoms with Crippen LogP contribution < -0.4 is 10.1 Å². The number of furan rings is 1. The van der Waals surface area contributed by atoms with E-state index in [-0.39, 0.29) is 34.6 Å². The number of rotatable bonds is 2. The van der Waals surface area contributed by atoms with Crippen molar-refractivity contribution in [3.8, 4) is 5.75 Å². The van der Waals surface area contributed by atoms with Gasteiger partial charge in [-0.25, -0.2) is 0 Å². The lowest BCUT2D eigenvalue weighted by molar-refractivity contribution is -0.118. The monoisotopic (exact) mass is 291 g/mol. The molecule has 20 heavy (non-hydrogen) atoms. The summed E-state index contributed by atoms with van der Waals surface area (Å²) in [4.78, 5) is 23.5. The maximum absolute atomic E-state index is 12.3. The second-order valence-corrected chi connectivity index (χ2v) is 4.81. The van der Waals surface area contributed by atoms with Gasteiger partial charge in [0.25, 0.3) is 5.91 Å². The van der Waals surface area contributed by atoms with Crippen molar-refractivity contribution in [3.63, 3.8) is 0 Å². The number of carbonyl (C=O) groups excluding carboxylic acids is 2. The number of nitrogens with one attached hydrogen (secondary N) is 1. The highest BCUT2D eigenvalue weighted by Gasteiger charge is 2.22. The first-order chi connectivity index (χ1) is 9.54. The van der Waals surface area contributed by atoms with E-state index in [1.54, 1.807) is 19.1 Å². The lowest BCUT2D eigenvalue weighted by Gasteiger charge is -2.19. The molecule has 0 unspecified atom stereocenters. The van der Waals surface area contributed by atoms with Crippen molar-refractivity contribution in [2.75, 3.05) is 11.9 Å². The van der Waals surface area contributed by atoms with Crippen LogP contribution in [0, 0.1) is 6.92 Å². The Kier molecular flexibility index (Phi) is 2.99. The van der Waals surface area contributed by atoms with Gasteiger partial charge >= 0.3 is 0 Å². The zero-order chi connectivity index (χ0) is 14.3. The fourth-order valence-corrected chi connectivity index (χ4v) is 2.21. The van der Waals surface area contributed by atoms with Crippen molar-refractivity contribution in [3.05, 3.63) is 46.4 Å². The average Bonchev–Trinajstić information content (AvgIpc) is 2.84. The molecule has 0 aliphatic carbocycles. The van der Waals surface area contributed by atoms with E-state index < -0.39 is 0 Å². The minimum absolute atomic E-state index is 0.0812. The first kappa shape index (κ1) is 12.7. The third kappa shape index (κ3) is 2.16. The molecule has 6 heteroatoms. The predicted molar refractivity (Wildman–Crippen MR) is 72.5 cm³/mol. The van der Waals surface area contributed by atoms with Crippen molar-refractivity contribution in [2.24, 2.45) is 0 Å². The summed E-state index contributed by atoms with van der Waals surface area (Å²) in [6.07, 6.45) is 0. The molecule has 1 aliphatic rings. The number of halogens is 1. The molecule has 1 N–H and O–H groups in total. The van der Waals surface area contributed by atoms with Crippen LogP contribution in [-0.4, -0.2) is 18.3 Å². The molecule has 1 aliphatic heterocycles. The zero-order valence-electron chi connectivity index (χ0n) is 10.5. The SMILES string of the molecule is Cc1ccc(C(=O)c2cc3c(cc2Cl)NC(=O)CO3)o1. The lowest BCUT2D eigenvalue weighted by Crippen LogP contribution is -2.25. The minimum atomic E-state index is -0.327. The summed E-state index contributed by atoms with van der Waals surface area (Å²) < 4.78 is 10.6. The van der Waals surface area contributed by atoms with E-state index in [2.05, 4.69) is 5.32 Å². The van der Waals surface area contributed by atoms with Gasteiger partial charge in [-0.15, -0.1) is 0 Å². The number of carbonyl (C=O) groups is 2. The van der Waals surface area contributed by atoms with Crippen LogP contribution in [0.1, 0.15) is 21.9 Å². The topological polar surface area (TPSA) is 68.5 Å². The van der Waals surface area contributed by atoms with Crippen molar-refractivity contribution in [1.82, 2.24) is 0 Å². The second-order valence-electron chi connectivity index (χ2n) is 4.40. The molecule has 0 atom stereocenters. The third-order valence-corrected chi connectivity index (χ3v) is 3.22. The van der Waals surface area contributed by atoms with Gasteiger partial charge in [0.15, 0.2) is 12.4 Å². The van der Waals surface area contributed by atoms with E-state index in [1.807, 2.05) is 0 Å². The number of amides is 1. The Bertz CT molecular complexity index is 720. The molecule has 5 nitrogen and oxygen atoms in total. The predicted octanol–water partition coefficient (Wildman–Crippen LogP) is 2.80.